The standard InChI is InChI=1S/C18H22ClFN4O2S2/c19-13-9-16(28(25,26)23-17-21-5-8-27-17)14(20)10-15(13)22-11-18(3-4-18)12-24-6-1-2-7-24/h5,8-10,22H,1-4,6-7,11-12H2,(H,21,23). The second-order valence-corrected chi connectivity index (χ2v) is 10.5. The van der Waals surface area contributed by atoms with Gasteiger partial charge in [0.1, 0.15) is 10.7 Å². The first-order valence-electron chi connectivity index (χ1n) is 9.25. The van der Waals surface area contributed by atoms with E-state index in [1.54, 1.807) is 5.38 Å². The van der Waals surface area contributed by atoms with Crippen molar-refractivity contribution in [3.05, 3.63) is 34.5 Å². The lowest BCUT2D eigenvalue weighted by Gasteiger charge is -2.24. The maximum absolute atomic E-state index is 14.6. The largest absolute Gasteiger partial charge is 0.383 e. The lowest BCUT2D eigenvalue weighted by atomic mass is 10.1. The highest BCUT2D eigenvalue weighted by molar-refractivity contribution is 7.93. The Kier molecular flexibility index (Phi) is 5.52. The smallest absolute Gasteiger partial charge is 0.266 e. The Labute approximate surface area is 173 Å². The monoisotopic (exact) mass is 444 g/mol. The first kappa shape index (κ1) is 19.9. The molecule has 28 heavy (non-hydrogen) atoms. The van der Waals surface area contributed by atoms with Crippen molar-refractivity contribution >= 4 is 43.8 Å². The molecule has 10 heteroatoms. The van der Waals surface area contributed by atoms with Crippen molar-refractivity contribution in [3.63, 3.8) is 0 Å². The van der Waals surface area contributed by atoms with Crippen molar-refractivity contribution in [2.45, 2.75) is 30.6 Å². The third-order valence-electron chi connectivity index (χ3n) is 5.33. The van der Waals surface area contributed by atoms with Crippen molar-refractivity contribution < 1.29 is 12.8 Å². The Hall–Kier alpha value is -1.42. The van der Waals surface area contributed by atoms with Crippen LogP contribution in [0.3, 0.4) is 0 Å². The molecule has 2 N–H and O–H groups in total. The van der Waals surface area contributed by atoms with Crippen LogP contribution < -0.4 is 10.0 Å². The summed E-state index contributed by atoms with van der Waals surface area (Å²) < 4.78 is 41.7. The maximum Gasteiger partial charge on any atom is 0.266 e. The van der Waals surface area contributed by atoms with Crippen molar-refractivity contribution in [2.75, 3.05) is 36.2 Å². The van der Waals surface area contributed by atoms with E-state index in [9.17, 15) is 12.8 Å². The van der Waals surface area contributed by atoms with E-state index in [1.165, 1.54) is 19.0 Å². The van der Waals surface area contributed by atoms with Crippen molar-refractivity contribution in [3.8, 4) is 0 Å². The van der Waals surface area contributed by atoms with E-state index < -0.39 is 20.7 Å². The Morgan fingerprint density at radius 2 is 2.04 bits per heavy atom. The molecule has 1 aromatic carbocycles. The van der Waals surface area contributed by atoms with Gasteiger partial charge in [0, 0.05) is 30.1 Å². The number of benzene rings is 1. The predicted octanol–water partition coefficient (Wildman–Crippen LogP) is 4.02. The van der Waals surface area contributed by atoms with Gasteiger partial charge in [0.15, 0.2) is 5.13 Å². The number of nitrogens with one attached hydrogen (secondary N) is 2. The van der Waals surface area contributed by atoms with Crippen LogP contribution in [0.15, 0.2) is 28.6 Å². The highest BCUT2D eigenvalue weighted by Crippen LogP contribution is 2.47. The van der Waals surface area contributed by atoms with Crippen molar-refractivity contribution in [2.24, 2.45) is 5.41 Å². The highest BCUT2D eigenvalue weighted by Gasteiger charge is 2.44. The van der Waals surface area contributed by atoms with E-state index in [0.717, 1.165) is 55.9 Å². The molecule has 0 atom stereocenters. The molecule has 1 saturated carbocycles. The summed E-state index contributed by atoms with van der Waals surface area (Å²) in [6, 6.07) is 2.31. The highest BCUT2D eigenvalue weighted by atomic mass is 35.5. The molecule has 0 unspecified atom stereocenters. The molecular formula is C18H22ClFN4O2S2. The maximum atomic E-state index is 14.6. The zero-order chi connectivity index (χ0) is 19.8. The Bertz CT molecular complexity index is 943. The molecule has 1 aromatic heterocycles. The summed E-state index contributed by atoms with van der Waals surface area (Å²) in [5, 5.41) is 5.21. The summed E-state index contributed by atoms with van der Waals surface area (Å²) in [6.07, 6.45) is 6.26. The van der Waals surface area contributed by atoms with E-state index in [2.05, 4.69) is 19.9 Å². The van der Waals surface area contributed by atoms with Gasteiger partial charge in [0.2, 0.25) is 0 Å². The average Bonchev–Trinajstić information content (AvgIpc) is 3.00. The second kappa shape index (κ2) is 7.78. The molecule has 2 aromatic rings. The van der Waals surface area contributed by atoms with E-state index in [0.29, 0.717) is 12.2 Å². The van der Waals surface area contributed by atoms with Gasteiger partial charge in [0.05, 0.1) is 10.7 Å². The first-order valence-corrected chi connectivity index (χ1v) is 12.0. The Morgan fingerprint density at radius 1 is 1.29 bits per heavy atom. The third kappa shape index (κ3) is 4.42. The molecule has 4 rings (SSSR count). The van der Waals surface area contributed by atoms with Crippen LogP contribution in [0.4, 0.5) is 15.2 Å². The van der Waals surface area contributed by atoms with Crippen LogP contribution in [0.25, 0.3) is 0 Å². The average molecular weight is 445 g/mol. The van der Waals surface area contributed by atoms with Crippen LogP contribution in [0.5, 0.6) is 0 Å². The minimum Gasteiger partial charge on any atom is -0.383 e. The molecule has 2 aliphatic rings. The fourth-order valence-corrected chi connectivity index (χ4v) is 5.75. The number of aromatic nitrogens is 1. The number of nitrogens with zero attached hydrogens (tertiary/aromatic N) is 2. The number of sulfonamides is 1. The first-order chi connectivity index (χ1) is 13.4. The fraction of sp³-hybridized carbons (Fsp3) is 0.500. The summed E-state index contributed by atoms with van der Waals surface area (Å²) in [7, 11) is -4.10. The molecule has 6 nitrogen and oxygen atoms in total. The van der Waals surface area contributed by atoms with E-state index in [-0.39, 0.29) is 15.6 Å². The van der Waals surface area contributed by atoms with Crippen molar-refractivity contribution in [1.82, 2.24) is 9.88 Å². The molecule has 2 fully saturated rings. The summed E-state index contributed by atoms with van der Waals surface area (Å²) in [4.78, 5) is 5.85. The minimum atomic E-state index is -4.10. The molecule has 1 saturated heterocycles. The number of thiazole rings is 1. The van der Waals surface area contributed by atoms with E-state index in [4.69, 9.17) is 11.6 Å². The van der Waals surface area contributed by atoms with Crippen LogP contribution in [-0.2, 0) is 10.0 Å². The molecule has 0 spiro atoms. The summed E-state index contributed by atoms with van der Waals surface area (Å²) in [6.45, 7) is 4.04. The number of rotatable bonds is 8. The molecular weight excluding hydrogens is 423 g/mol. The number of hydrogen-bond donors (Lipinski definition) is 2. The summed E-state index contributed by atoms with van der Waals surface area (Å²) in [5.74, 6) is -0.847. The molecule has 1 aliphatic heterocycles. The number of halogens is 2. The Morgan fingerprint density at radius 3 is 2.68 bits per heavy atom. The van der Waals surface area contributed by atoms with Gasteiger partial charge in [-0.1, -0.05) is 11.6 Å². The molecule has 0 amide bonds. The topological polar surface area (TPSA) is 74.3 Å². The molecule has 0 radical (unpaired) electrons. The van der Waals surface area contributed by atoms with Crippen LogP contribution in [-0.4, -0.2) is 44.5 Å². The third-order valence-corrected chi connectivity index (χ3v) is 7.82. The number of anilines is 2. The SMILES string of the molecule is O=S(=O)(Nc1nccs1)c1cc(Cl)c(NCC2(CN3CCCC3)CC2)cc1F. The van der Waals surface area contributed by atoms with Gasteiger partial charge in [-0.2, -0.15) is 0 Å². The number of likely N-dealkylation sites (tertiary alicyclic amines) is 1. The molecule has 152 valence electrons. The van der Waals surface area contributed by atoms with Crippen molar-refractivity contribution in [1.29, 1.82) is 0 Å². The van der Waals surface area contributed by atoms with Gasteiger partial charge in [-0.25, -0.2) is 17.8 Å². The second-order valence-electron chi connectivity index (χ2n) is 7.54. The quantitative estimate of drug-likeness (QED) is 0.643. The summed E-state index contributed by atoms with van der Waals surface area (Å²) >= 11 is 7.38. The van der Waals surface area contributed by atoms with Gasteiger partial charge in [-0.3, -0.25) is 4.72 Å². The normalized spacial score (nSPS) is 18.9. The van der Waals surface area contributed by atoms with Gasteiger partial charge >= 0.3 is 0 Å². The molecule has 2 heterocycles. The molecule has 0 bridgehead atoms. The van der Waals surface area contributed by atoms with Gasteiger partial charge in [-0.15, -0.1) is 11.3 Å². The lowest BCUT2D eigenvalue weighted by molar-refractivity contribution is 0.271. The van der Waals surface area contributed by atoms with Gasteiger partial charge < -0.3 is 10.2 Å². The molecule has 1 aliphatic carbocycles. The van der Waals surface area contributed by atoms with Gasteiger partial charge in [-0.05, 0) is 50.9 Å². The van der Waals surface area contributed by atoms with Crippen LogP contribution >= 0.6 is 22.9 Å². The van der Waals surface area contributed by atoms with Crippen LogP contribution in [0, 0.1) is 11.2 Å². The lowest BCUT2D eigenvalue weighted by Crippen LogP contribution is -2.31. The van der Waals surface area contributed by atoms with E-state index >= 15 is 0 Å². The van der Waals surface area contributed by atoms with Crippen LogP contribution in [0.2, 0.25) is 5.02 Å². The Balaban J connectivity index is 1.45. The summed E-state index contributed by atoms with van der Waals surface area (Å²) in [5.41, 5.74) is 0.626. The van der Waals surface area contributed by atoms with Gasteiger partial charge in [0.25, 0.3) is 10.0 Å². The zero-order valence-electron chi connectivity index (χ0n) is 15.2. The fourth-order valence-electron chi connectivity index (χ4n) is 3.58. The van der Waals surface area contributed by atoms with E-state index in [1.807, 2.05) is 0 Å². The number of hydrogen-bond acceptors (Lipinski definition) is 6. The van der Waals surface area contributed by atoms with Crippen LogP contribution in [0.1, 0.15) is 25.7 Å². The predicted molar refractivity (Wildman–Crippen MR) is 110 cm³/mol. The zero-order valence-corrected chi connectivity index (χ0v) is 17.6. The minimum absolute atomic E-state index is 0.176.